The summed E-state index contributed by atoms with van der Waals surface area (Å²) >= 11 is 9.26. The van der Waals surface area contributed by atoms with Gasteiger partial charge in [-0.2, -0.15) is 5.10 Å². The second kappa shape index (κ2) is 5.32. The van der Waals surface area contributed by atoms with Gasteiger partial charge in [-0.3, -0.25) is 0 Å². The summed E-state index contributed by atoms with van der Waals surface area (Å²) in [6.07, 6.45) is 7.83. The third kappa shape index (κ3) is 2.74. The minimum absolute atomic E-state index is 0.713. The van der Waals surface area contributed by atoms with Gasteiger partial charge in [0.2, 0.25) is 0 Å². The highest BCUT2D eigenvalue weighted by molar-refractivity contribution is 9.09. The second-order valence-corrected chi connectivity index (χ2v) is 4.34. The van der Waals surface area contributed by atoms with Crippen molar-refractivity contribution in [2.75, 3.05) is 5.33 Å². The zero-order chi connectivity index (χ0) is 11.4. The molecule has 0 saturated carbocycles. The number of hydrogen-bond donors (Lipinski definition) is 0. The summed E-state index contributed by atoms with van der Waals surface area (Å²) in [6, 6.07) is 7.61. The molecule has 0 saturated heterocycles. The molecule has 0 atom stereocenters. The Morgan fingerprint density at radius 2 is 2.31 bits per heavy atom. The largest absolute Gasteiger partial charge is 0.240 e. The average Bonchev–Trinajstić information content (AvgIpc) is 2.75. The van der Waals surface area contributed by atoms with Crippen LogP contribution in [0.5, 0.6) is 0 Å². The quantitative estimate of drug-likeness (QED) is 0.785. The van der Waals surface area contributed by atoms with E-state index in [4.69, 9.17) is 11.6 Å². The highest BCUT2D eigenvalue weighted by atomic mass is 79.9. The number of benzene rings is 1. The van der Waals surface area contributed by atoms with Crippen LogP contribution >= 0.6 is 27.5 Å². The van der Waals surface area contributed by atoms with Gasteiger partial charge >= 0.3 is 0 Å². The van der Waals surface area contributed by atoms with Crippen molar-refractivity contribution in [1.82, 2.24) is 9.78 Å². The van der Waals surface area contributed by atoms with E-state index in [1.807, 2.05) is 48.8 Å². The van der Waals surface area contributed by atoms with Gasteiger partial charge in [0, 0.05) is 22.1 Å². The first kappa shape index (κ1) is 11.4. The molecule has 0 radical (unpaired) electrons. The summed E-state index contributed by atoms with van der Waals surface area (Å²) < 4.78 is 1.81. The van der Waals surface area contributed by atoms with E-state index in [9.17, 15) is 0 Å². The van der Waals surface area contributed by atoms with Crippen molar-refractivity contribution >= 4 is 33.6 Å². The van der Waals surface area contributed by atoms with Crippen LogP contribution in [-0.4, -0.2) is 15.1 Å². The predicted molar refractivity (Wildman–Crippen MR) is 71.4 cm³/mol. The molecule has 2 nitrogen and oxygen atoms in total. The Kier molecular flexibility index (Phi) is 3.80. The summed E-state index contributed by atoms with van der Waals surface area (Å²) in [4.78, 5) is 0. The van der Waals surface area contributed by atoms with Crippen molar-refractivity contribution in [2.24, 2.45) is 0 Å². The molecule has 1 heterocycles. The molecule has 16 heavy (non-hydrogen) atoms. The average molecular weight is 298 g/mol. The van der Waals surface area contributed by atoms with E-state index >= 15 is 0 Å². The topological polar surface area (TPSA) is 17.8 Å². The number of allylic oxidation sites excluding steroid dienone is 1. The van der Waals surface area contributed by atoms with Gasteiger partial charge in [0.15, 0.2) is 0 Å². The summed E-state index contributed by atoms with van der Waals surface area (Å²) in [6.45, 7) is 0. The number of rotatable bonds is 3. The van der Waals surface area contributed by atoms with E-state index in [1.54, 1.807) is 4.68 Å². The Morgan fingerprint density at radius 3 is 3.06 bits per heavy atom. The maximum absolute atomic E-state index is 5.92. The smallest absolute Gasteiger partial charge is 0.0660 e. The number of halogens is 2. The first-order valence-electron chi connectivity index (χ1n) is 4.83. The van der Waals surface area contributed by atoms with Crippen molar-refractivity contribution < 1.29 is 0 Å². The summed E-state index contributed by atoms with van der Waals surface area (Å²) in [5.41, 5.74) is 2.03. The molecule has 1 aromatic carbocycles. The van der Waals surface area contributed by atoms with Gasteiger partial charge in [0.05, 0.1) is 11.9 Å². The third-order valence-corrected chi connectivity index (χ3v) is 2.68. The van der Waals surface area contributed by atoms with Gasteiger partial charge in [-0.05, 0) is 18.2 Å². The van der Waals surface area contributed by atoms with E-state index in [0.717, 1.165) is 16.6 Å². The molecule has 0 spiro atoms. The van der Waals surface area contributed by atoms with Crippen LogP contribution in [0.25, 0.3) is 11.8 Å². The van der Waals surface area contributed by atoms with E-state index in [1.165, 1.54) is 0 Å². The highest BCUT2D eigenvalue weighted by Gasteiger charge is 1.99. The fraction of sp³-hybridized carbons (Fsp3) is 0.0833. The summed E-state index contributed by atoms with van der Waals surface area (Å²) in [7, 11) is 0. The molecule has 0 bridgehead atoms. The molecule has 1 aromatic heterocycles. The SMILES string of the molecule is Clc1cccc(-n2cc(C=CCBr)cn2)c1. The first-order valence-corrected chi connectivity index (χ1v) is 6.32. The molecule has 2 aromatic rings. The molecule has 2 rings (SSSR count). The predicted octanol–water partition coefficient (Wildman–Crippen LogP) is 3.93. The lowest BCUT2D eigenvalue weighted by Crippen LogP contribution is -1.92. The van der Waals surface area contributed by atoms with Crippen LogP contribution in [0.1, 0.15) is 5.56 Å². The van der Waals surface area contributed by atoms with E-state index < -0.39 is 0 Å². The summed E-state index contributed by atoms with van der Waals surface area (Å²) in [5, 5.41) is 5.83. The van der Waals surface area contributed by atoms with Crippen LogP contribution in [0.3, 0.4) is 0 Å². The van der Waals surface area contributed by atoms with Crippen LogP contribution in [0.4, 0.5) is 0 Å². The molecular formula is C12H10BrClN2. The molecular weight excluding hydrogens is 288 g/mol. The van der Waals surface area contributed by atoms with Crippen molar-refractivity contribution in [3.8, 4) is 5.69 Å². The molecule has 0 unspecified atom stereocenters. The van der Waals surface area contributed by atoms with Crippen LogP contribution < -0.4 is 0 Å². The Balaban J connectivity index is 2.28. The van der Waals surface area contributed by atoms with Crippen LogP contribution in [0.15, 0.2) is 42.7 Å². The lowest BCUT2D eigenvalue weighted by molar-refractivity contribution is 0.880. The Bertz CT molecular complexity index is 505. The fourth-order valence-electron chi connectivity index (χ4n) is 1.36. The molecule has 0 aliphatic carbocycles. The maximum Gasteiger partial charge on any atom is 0.0660 e. The van der Waals surface area contributed by atoms with E-state index in [2.05, 4.69) is 21.0 Å². The zero-order valence-corrected chi connectivity index (χ0v) is 10.8. The van der Waals surface area contributed by atoms with Gasteiger partial charge in [0.25, 0.3) is 0 Å². The van der Waals surface area contributed by atoms with E-state index in [0.29, 0.717) is 5.02 Å². The molecule has 0 aliphatic rings. The number of hydrogen-bond acceptors (Lipinski definition) is 1. The van der Waals surface area contributed by atoms with Crippen molar-refractivity contribution in [3.63, 3.8) is 0 Å². The Morgan fingerprint density at radius 1 is 1.44 bits per heavy atom. The maximum atomic E-state index is 5.92. The number of alkyl halides is 1. The van der Waals surface area contributed by atoms with Gasteiger partial charge < -0.3 is 0 Å². The summed E-state index contributed by atoms with van der Waals surface area (Å²) in [5.74, 6) is 0. The lowest BCUT2D eigenvalue weighted by atomic mass is 10.3. The number of aromatic nitrogens is 2. The minimum Gasteiger partial charge on any atom is -0.240 e. The number of nitrogens with zero attached hydrogens (tertiary/aromatic N) is 2. The van der Waals surface area contributed by atoms with Gasteiger partial charge in [-0.1, -0.05) is 45.7 Å². The van der Waals surface area contributed by atoms with Crippen molar-refractivity contribution in [3.05, 3.63) is 53.3 Å². The molecule has 4 heteroatoms. The van der Waals surface area contributed by atoms with Gasteiger partial charge in [0.1, 0.15) is 0 Å². The molecule has 0 aliphatic heterocycles. The second-order valence-electron chi connectivity index (χ2n) is 3.25. The zero-order valence-electron chi connectivity index (χ0n) is 8.48. The Hall–Kier alpha value is -1.06. The lowest BCUT2D eigenvalue weighted by Gasteiger charge is -2.00. The van der Waals surface area contributed by atoms with Gasteiger partial charge in [-0.25, -0.2) is 4.68 Å². The molecule has 0 N–H and O–H groups in total. The van der Waals surface area contributed by atoms with Gasteiger partial charge in [-0.15, -0.1) is 0 Å². The first-order chi connectivity index (χ1) is 7.79. The highest BCUT2D eigenvalue weighted by Crippen LogP contribution is 2.15. The minimum atomic E-state index is 0.713. The van der Waals surface area contributed by atoms with Crippen molar-refractivity contribution in [1.29, 1.82) is 0 Å². The van der Waals surface area contributed by atoms with Crippen molar-refractivity contribution in [2.45, 2.75) is 0 Å². The normalized spacial score (nSPS) is 11.1. The van der Waals surface area contributed by atoms with Crippen LogP contribution in [0.2, 0.25) is 5.02 Å². The standard InChI is InChI=1S/C12H10BrClN2/c13-6-2-3-10-8-15-16(9-10)12-5-1-4-11(14)7-12/h1-5,7-9H,6H2. The molecule has 0 fully saturated rings. The Labute approximate surface area is 108 Å². The fourth-order valence-corrected chi connectivity index (χ4v) is 1.73. The van der Waals surface area contributed by atoms with E-state index in [-0.39, 0.29) is 0 Å². The van der Waals surface area contributed by atoms with Crippen LogP contribution in [0, 0.1) is 0 Å². The monoisotopic (exact) mass is 296 g/mol. The third-order valence-electron chi connectivity index (χ3n) is 2.07. The van der Waals surface area contributed by atoms with Crippen LogP contribution in [-0.2, 0) is 0 Å². The molecule has 0 amide bonds. The molecule has 82 valence electrons.